The van der Waals surface area contributed by atoms with Crippen LogP contribution < -0.4 is 15.4 Å². The molecule has 1 saturated heterocycles. The molecule has 0 amide bonds. The summed E-state index contributed by atoms with van der Waals surface area (Å²) in [5, 5.41) is 17.2. The van der Waals surface area contributed by atoms with Crippen LogP contribution in [0.2, 0.25) is 0 Å². The summed E-state index contributed by atoms with van der Waals surface area (Å²) < 4.78 is 6.40. The number of benzene rings is 2. The number of fused-ring (bicyclic) bond motifs is 1. The molecule has 2 aromatic rings. The zero-order chi connectivity index (χ0) is 17.7. The van der Waals surface area contributed by atoms with Gasteiger partial charge in [-0.1, -0.05) is 36.4 Å². The fraction of sp³-hybridized carbons (Fsp3) is 0.350. The van der Waals surface area contributed by atoms with E-state index in [4.69, 9.17) is 17.0 Å². The van der Waals surface area contributed by atoms with Gasteiger partial charge >= 0.3 is 0 Å². The maximum atomic E-state index is 9.95. The number of aromatic hydroxyl groups is 1. The van der Waals surface area contributed by atoms with E-state index >= 15 is 0 Å². The molecule has 2 heterocycles. The topological polar surface area (TPSA) is 53.5 Å². The van der Waals surface area contributed by atoms with Crippen molar-refractivity contribution in [3.8, 4) is 11.5 Å². The van der Waals surface area contributed by atoms with Crippen molar-refractivity contribution in [1.29, 1.82) is 0 Å². The lowest BCUT2D eigenvalue weighted by Crippen LogP contribution is -2.69. The second-order valence-corrected chi connectivity index (χ2v) is 8.03. The molecule has 4 rings (SSSR count). The van der Waals surface area contributed by atoms with Gasteiger partial charge in [0.05, 0.1) is 0 Å². The zero-order valence-electron chi connectivity index (χ0n) is 14.4. The third-order valence-corrected chi connectivity index (χ3v) is 5.14. The Kier molecular flexibility index (Phi) is 3.65. The summed E-state index contributed by atoms with van der Waals surface area (Å²) in [5.74, 6) is 1.10. The minimum absolute atomic E-state index is 0.169. The number of phenols is 1. The maximum Gasteiger partial charge on any atom is 0.185 e. The van der Waals surface area contributed by atoms with Gasteiger partial charge in [0, 0.05) is 35.9 Å². The first-order valence-corrected chi connectivity index (χ1v) is 8.94. The van der Waals surface area contributed by atoms with Crippen LogP contribution in [0.5, 0.6) is 11.5 Å². The second-order valence-electron chi connectivity index (χ2n) is 7.63. The number of hydrogen-bond acceptors (Lipinski definition) is 3. The lowest BCUT2D eigenvalue weighted by Gasteiger charge is -2.50. The van der Waals surface area contributed by atoms with Gasteiger partial charge in [-0.3, -0.25) is 0 Å². The van der Waals surface area contributed by atoms with E-state index in [2.05, 4.69) is 48.7 Å². The highest BCUT2D eigenvalue weighted by Gasteiger charge is 2.48. The smallest absolute Gasteiger partial charge is 0.185 e. The minimum Gasteiger partial charge on any atom is -0.508 e. The van der Waals surface area contributed by atoms with Gasteiger partial charge in [-0.15, -0.1) is 0 Å². The minimum atomic E-state index is -0.590. The van der Waals surface area contributed by atoms with E-state index in [1.807, 2.05) is 12.1 Å². The van der Waals surface area contributed by atoms with Crippen LogP contribution in [0.4, 0.5) is 0 Å². The maximum absolute atomic E-state index is 9.95. The van der Waals surface area contributed by atoms with Crippen molar-refractivity contribution in [2.24, 2.45) is 0 Å². The van der Waals surface area contributed by atoms with Crippen LogP contribution in [-0.2, 0) is 0 Å². The molecule has 0 bridgehead atoms. The van der Waals surface area contributed by atoms with Crippen LogP contribution in [0.3, 0.4) is 0 Å². The molecule has 1 fully saturated rings. The molecule has 130 valence electrons. The van der Waals surface area contributed by atoms with Gasteiger partial charge in [-0.2, -0.15) is 0 Å². The van der Waals surface area contributed by atoms with Crippen molar-refractivity contribution < 1.29 is 9.84 Å². The van der Waals surface area contributed by atoms with Gasteiger partial charge in [-0.25, -0.2) is 0 Å². The van der Waals surface area contributed by atoms with Crippen LogP contribution in [0.15, 0.2) is 48.5 Å². The summed E-state index contributed by atoms with van der Waals surface area (Å²) in [6, 6.07) is 15.8. The first kappa shape index (κ1) is 16.2. The highest BCUT2D eigenvalue weighted by Crippen LogP contribution is 2.47. The SMILES string of the molecule is CC1(C)C[C@@]2(C[C@H](c3ccccc3)c3ccc(O)cc3O2)NC(=S)N1. The van der Waals surface area contributed by atoms with E-state index < -0.39 is 5.72 Å². The van der Waals surface area contributed by atoms with E-state index in [1.165, 1.54) is 5.56 Å². The Morgan fingerprint density at radius 2 is 1.88 bits per heavy atom. The van der Waals surface area contributed by atoms with Crippen LogP contribution in [0, 0.1) is 0 Å². The molecular weight excluding hydrogens is 332 g/mol. The number of hydrogen-bond donors (Lipinski definition) is 3. The van der Waals surface area contributed by atoms with Crippen molar-refractivity contribution in [2.45, 2.75) is 43.9 Å². The predicted molar refractivity (Wildman–Crippen MR) is 102 cm³/mol. The Hall–Kier alpha value is -2.27. The van der Waals surface area contributed by atoms with E-state index in [9.17, 15) is 5.11 Å². The zero-order valence-corrected chi connectivity index (χ0v) is 15.2. The molecule has 2 atom stereocenters. The molecule has 2 aromatic carbocycles. The molecule has 0 unspecified atom stereocenters. The second kappa shape index (κ2) is 5.63. The van der Waals surface area contributed by atoms with E-state index in [0.717, 1.165) is 18.4 Å². The first-order valence-electron chi connectivity index (χ1n) is 8.53. The molecule has 0 aliphatic carbocycles. The highest BCUT2D eigenvalue weighted by molar-refractivity contribution is 7.80. The van der Waals surface area contributed by atoms with Crippen molar-refractivity contribution in [3.63, 3.8) is 0 Å². The average Bonchev–Trinajstić information content (AvgIpc) is 2.52. The molecule has 0 saturated carbocycles. The molecule has 2 aliphatic rings. The molecule has 3 N–H and O–H groups in total. The van der Waals surface area contributed by atoms with Crippen LogP contribution in [0.1, 0.15) is 43.7 Å². The van der Waals surface area contributed by atoms with Gasteiger partial charge in [0.1, 0.15) is 11.5 Å². The number of thiocarbonyl (C=S) groups is 1. The Bertz CT molecular complexity index is 822. The van der Waals surface area contributed by atoms with Gasteiger partial charge in [0.15, 0.2) is 10.8 Å². The Morgan fingerprint density at radius 3 is 2.60 bits per heavy atom. The standard InChI is InChI=1S/C20H22N2O2S/c1-19(2)12-20(22-18(25)21-19)11-16(13-6-4-3-5-7-13)15-9-8-14(23)10-17(15)24-20/h3-10,16,23H,11-12H2,1-2H3,(H2,21,22,25)/t16-,20+/m1/s1. The van der Waals surface area contributed by atoms with Crippen molar-refractivity contribution in [3.05, 3.63) is 59.7 Å². The Balaban J connectivity index is 1.82. The van der Waals surface area contributed by atoms with Gasteiger partial charge in [0.2, 0.25) is 0 Å². The Morgan fingerprint density at radius 1 is 1.12 bits per heavy atom. The molecule has 0 radical (unpaired) electrons. The molecule has 4 nitrogen and oxygen atoms in total. The summed E-state index contributed by atoms with van der Waals surface area (Å²) in [4.78, 5) is 0. The molecule has 1 spiro atoms. The lowest BCUT2D eigenvalue weighted by molar-refractivity contribution is -0.0128. The normalized spacial score (nSPS) is 27.0. The van der Waals surface area contributed by atoms with Crippen molar-refractivity contribution >= 4 is 17.3 Å². The molecule has 25 heavy (non-hydrogen) atoms. The summed E-state index contributed by atoms with van der Waals surface area (Å²) in [7, 11) is 0. The quantitative estimate of drug-likeness (QED) is 0.683. The number of ether oxygens (including phenoxy) is 1. The summed E-state index contributed by atoms with van der Waals surface area (Å²) in [6.45, 7) is 4.25. The molecule has 0 aromatic heterocycles. The monoisotopic (exact) mass is 354 g/mol. The molecule has 5 heteroatoms. The third-order valence-electron chi connectivity index (χ3n) is 4.93. The average molecular weight is 354 g/mol. The van der Waals surface area contributed by atoms with Gasteiger partial charge in [0.25, 0.3) is 0 Å². The highest BCUT2D eigenvalue weighted by atomic mass is 32.1. The summed E-state index contributed by atoms with van der Waals surface area (Å²) in [6.07, 6.45) is 1.54. The number of nitrogens with one attached hydrogen (secondary N) is 2. The fourth-order valence-electron chi connectivity index (χ4n) is 4.11. The van der Waals surface area contributed by atoms with E-state index in [1.54, 1.807) is 12.1 Å². The Labute approximate surface area is 153 Å². The van der Waals surface area contributed by atoms with E-state index in [-0.39, 0.29) is 17.2 Å². The van der Waals surface area contributed by atoms with E-state index in [0.29, 0.717) is 10.9 Å². The van der Waals surface area contributed by atoms with Crippen molar-refractivity contribution in [1.82, 2.24) is 10.6 Å². The molecular formula is C20H22N2O2S. The van der Waals surface area contributed by atoms with Crippen LogP contribution in [0.25, 0.3) is 0 Å². The van der Waals surface area contributed by atoms with Crippen LogP contribution >= 0.6 is 12.2 Å². The summed E-state index contributed by atoms with van der Waals surface area (Å²) >= 11 is 5.44. The van der Waals surface area contributed by atoms with Gasteiger partial charge < -0.3 is 20.5 Å². The van der Waals surface area contributed by atoms with Gasteiger partial charge in [-0.05, 0) is 37.7 Å². The fourth-order valence-corrected chi connectivity index (χ4v) is 4.57. The number of rotatable bonds is 1. The predicted octanol–water partition coefficient (Wildman–Crippen LogP) is 3.65. The largest absolute Gasteiger partial charge is 0.508 e. The molecule has 2 aliphatic heterocycles. The summed E-state index contributed by atoms with van der Waals surface area (Å²) in [5.41, 5.74) is 1.57. The third kappa shape index (κ3) is 3.04. The lowest BCUT2D eigenvalue weighted by atomic mass is 9.77. The number of phenolic OH excluding ortho intramolecular Hbond substituents is 1. The first-order chi connectivity index (χ1) is 11.9. The van der Waals surface area contributed by atoms with Crippen LogP contribution in [-0.4, -0.2) is 21.5 Å². The van der Waals surface area contributed by atoms with Crippen molar-refractivity contribution in [2.75, 3.05) is 0 Å².